The van der Waals surface area contributed by atoms with Gasteiger partial charge in [0.05, 0.1) is 26.2 Å². The Morgan fingerprint density at radius 1 is 1.56 bits per heavy atom. The lowest BCUT2D eigenvalue weighted by molar-refractivity contribution is -0.140. The highest BCUT2D eigenvalue weighted by atomic mass is 16.5. The molecule has 1 aliphatic heterocycles. The van der Waals surface area contributed by atoms with Crippen LogP contribution in [0.25, 0.3) is 0 Å². The number of hydrogen-bond acceptors (Lipinski definition) is 4. The third-order valence-electron chi connectivity index (χ3n) is 3.34. The first-order valence-corrected chi connectivity index (χ1v) is 6.15. The highest BCUT2D eigenvalue weighted by Gasteiger charge is 2.26. The van der Waals surface area contributed by atoms with Crippen LogP contribution >= 0.6 is 0 Å². The van der Waals surface area contributed by atoms with E-state index in [1.165, 1.54) is 0 Å². The van der Waals surface area contributed by atoms with Gasteiger partial charge in [-0.05, 0) is 25.5 Å². The van der Waals surface area contributed by atoms with Gasteiger partial charge in [0.25, 0.3) is 0 Å². The molecule has 1 aromatic heterocycles. The van der Waals surface area contributed by atoms with Crippen molar-refractivity contribution in [2.24, 2.45) is 0 Å². The first-order chi connectivity index (χ1) is 8.56. The first kappa shape index (κ1) is 13.1. The first-order valence-electron chi connectivity index (χ1n) is 6.15. The van der Waals surface area contributed by atoms with Crippen LogP contribution in [0.2, 0.25) is 0 Å². The van der Waals surface area contributed by atoms with Gasteiger partial charge in [-0.15, -0.1) is 0 Å². The van der Waals surface area contributed by atoms with Gasteiger partial charge in [-0.2, -0.15) is 0 Å². The maximum atomic E-state index is 10.8. The van der Waals surface area contributed by atoms with Crippen LogP contribution in [0.5, 0.6) is 0 Å². The van der Waals surface area contributed by atoms with Gasteiger partial charge in [-0.3, -0.25) is 9.69 Å². The van der Waals surface area contributed by atoms with Crippen LogP contribution in [0.3, 0.4) is 0 Å². The smallest absolute Gasteiger partial charge is 0.305 e. The van der Waals surface area contributed by atoms with Gasteiger partial charge >= 0.3 is 5.97 Å². The Hall–Kier alpha value is -1.33. The van der Waals surface area contributed by atoms with Crippen LogP contribution < -0.4 is 0 Å². The van der Waals surface area contributed by atoms with Gasteiger partial charge < -0.3 is 14.3 Å². The zero-order valence-electron chi connectivity index (χ0n) is 10.8. The summed E-state index contributed by atoms with van der Waals surface area (Å²) in [7, 11) is 0. The number of aliphatic carboxylic acids is 1. The molecular formula is C13H19NO4. The van der Waals surface area contributed by atoms with Gasteiger partial charge in [0.15, 0.2) is 0 Å². The SMILES string of the molecule is Cc1cc(CN2CCOC[C@@H]2CC(=O)O)oc1C. The van der Waals surface area contributed by atoms with E-state index in [-0.39, 0.29) is 12.5 Å². The summed E-state index contributed by atoms with van der Waals surface area (Å²) in [6, 6.07) is 1.95. The summed E-state index contributed by atoms with van der Waals surface area (Å²) < 4.78 is 11.0. The Balaban J connectivity index is 2.02. The average molecular weight is 253 g/mol. The molecule has 0 spiro atoms. The molecule has 5 nitrogen and oxygen atoms in total. The molecule has 0 aliphatic carbocycles. The summed E-state index contributed by atoms with van der Waals surface area (Å²) in [5.41, 5.74) is 1.13. The van der Waals surface area contributed by atoms with E-state index in [4.69, 9.17) is 14.3 Å². The van der Waals surface area contributed by atoms with Gasteiger partial charge in [0.2, 0.25) is 0 Å². The standard InChI is InChI=1S/C13H19NO4/c1-9-5-12(18-10(9)2)7-14-3-4-17-8-11(14)6-13(15)16/h5,11H,3-4,6-8H2,1-2H3,(H,15,16)/t11-/m0/s1. The van der Waals surface area contributed by atoms with Gasteiger partial charge in [0, 0.05) is 12.6 Å². The number of carboxylic acid groups (broad SMARTS) is 1. The molecule has 100 valence electrons. The number of nitrogens with zero attached hydrogens (tertiary/aromatic N) is 1. The molecule has 18 heavy (non-hydrogen) atoms. The largest absolute Gasteiger partial charge is 0.481 e. The second-order valence-electron chi connectivity index (χ2n) is 4.75. The summed E-state index contributed by atoms with van der Waals surface area (Å²) in [4.78, 5) is 12.9. The fourth-order valence-corrected chi connectivity index (χ4v) is 2.21. The fourth-order valence-electron chi connectivity index (χ4n) is 2.21. The second kappa shape index (κ2) is 5.54. The third-order valence-corrected chi connectivity index (χ3v) is 3.34. The van der Waals surface area contributed by atoms with Crippen LogP contribution in [-0.4, -0.2) is 41.8 Å². The molecule has 1 aromatic rings. The van der Waals surface area contributed by atoms with Crippen molar-refractivity contribution in [3.63, 3.8) is 0 Å². The van der Waals surface area contributed by atoms with E-state index in [0.29, 0.717) is 19.8 Å². The minimum Gasteiger partial charge on any atom is -0.481 e. The highest BCUT2D eigenvalue weighted by molar-refractivity contribution is 5.67. The molecule has 1 N–H and O–H groups in total. The number of ether oxygens (including phenoxy) is 1. The molecule has 1 saturated heterocycles. The maximum absolute atomic E-state index is 10.8. The quantitative estimate of drug-likeness (QED) is 0.882. The van der Waals surface area contributed by atoms with Crippen molar-refractivity contribution in [1.29, 1.82) is 0 Å². The molecule has 0 amide bonds. The second-order valence-corrected chi connectivity index (χ2v) is 4.75. The number of morpholine rings is 1. The molecule has 0 saturated carbocycles. The molecule has 2 heterocycles. The number of carbonyl (C=O) groups is 1. The van der Waals surface area contributed by atoms with Crippen LogP contribution in [0.4, 0.5) is 0 Å². The van der Waals surface area contributed by atoms with Gasteiger partial charge in [0.1, 0.15) is 11.5 Å². The molecule has 0 unspecified atom stereocenters. The van der Waals surface area contributed by atoms with Crippen LogP contribution in [0, 0.1) is 13.8 Å². The molecule has 5 heteroatoms. The molecule has 1 atom stereocenters. The van der Waals surface area contributed by atoms with E-state index >= 15 is 0 Å². The highest BCUT2D eigenvalue weighted by Crippen LogP contribution is 2.19. The topological polar surface area (TPSA) is 62.9 Å². The summed E-state index contributed by atoms with van der Waals surface area (Å²) in [6.45, 7) is 6.47. The lowest BCUT2D eigenvalue weighted by Crippen LogP contribution is -2.45. The van der Waals surface area contributed by atoms with E-state index in [0.717, 1.165) is 23.6 Å². The summed E-state index contributed by atoms with van der Waals surface area (Å²) >= 11 is 0. The third kappa shape index (κ3) is 3.11. The number of hydrogen-bond donors (Lipinski definition) is 1. The monoisotopic (exact) mass is 253 g/mol. The predicted molar refractivity (Wildman–Crippen MR) is 65.5 cm³/mol. The van der Waals surface area contributed by atoms with Crippen molar-refractivity contribution in [2.75, 3.05) is 19.8 Å². The Morgan fingerprint density at radius 3 is 2.94 bits per heavy atom. The molecule has 0 bridgehead atoms. The van der Waals surface area contributed by atoms with E-state index in [2.05, 4.69) is 4.90 Å². The molecule has 0 aromatic carbocycles. The van der Waals surface area contributed by atoms with Crippen molar-refractivity contribution >= 4 is 5.97 Å². The van der Waals surface area contributed by atoms with Gasteiger partial charge in [-0.25, -0.2) is 0 Å². The van der Waals surface area contributed by atoms with Gasteiger partial charge in [-0.1, -0.05) is 0 Å². The Labute approximate surface area is 106 Å². The van der Waals surface area contributed by atoms with E-state index < -0.39 is 5.97 Å². The summed E-state index contributed by atoms with van der Waals surface area (Å²) in [5.74, 6) is 1.03. The molecule has 1 fully saturated rings. The van der Waals surface area contributed by atoms with Crippen molar-refractivity contribution < 1.29 is 19.1 Å². The molecule has 2 rings (SSSR count). The number of aryl methyl sites for hydroxylation is 2. The summed E-state index contributed by atoms with van der Waals surface area (Å²) in [5, 5.41) is 8.89. The Morgan fingerprint density at radius 2 is 2.33 bits per heavy atom. The van der Waals surface area contributed by atoms with Crippen LogP contribution in [-0.2, 0) is 16.1 Å². The lowest BCUT2D eigenvalue weighted by atomic mass is 10.1. The minimum atomic E-state index is -0.790. The molecule has 1 aliphatic rings. The summed E-state index contributed by atoms with van der Waals surface area (Å²) in [6.07, 6.45) is 0.110. The zero-order chi connectivity index (χ0) is 13.1. The van der Waals surface area contributed by atoms with Crippen LogP contribution in [0.1, 0.15) is 23.5 Å². The number of rotatable bonds is 4. The van der Waals surface area contributed by atoms with Crippen molar-refractivity contribution in [3.05, 3.63) is 23.2 Å². The predicted octanol–water partition coefficient (Wildman–Crippen LogP) is 1.57. The molecule has 0 radical (unpaired) electrons. The number of carboxylic acids is 1. The lowest BCUT2D eigenvalue weighted by Gasteiger charge is -2.34. The van der Waals surface area contributed by atoms with E-state index in [1.807, 2.05) is 19.9 Å². The fraction of sp³-hybridized carbons (Fsp3) is 0.615. The van der Waals surface area contributed by atoms with Crippen LogP contribution in [0.15, 0.2) is 10.5 Å². The normalized spacial score (nSPS) is 21.1. The van der Waals surface area contributed by atoms with Crippen molar-refractivity contribution in [1.82, 2.24) is 4.90 Å². The Kier molecular flexibility index (Phi) is 4.04. The minimum absolute atomic E-state index is 0.0676. The zero-order valence-corrected chi connectivity index (χ0v) is 10.8. The van der Waals surface area contributed by atoms with E-state index in [1.54, 1.807) is 0 Å². The number of furan rings is 1. The molecular weight excluding hydrogens is 234 g/mol. The van der Waals surface area contributed by atoms with E-state index in [9.17, 15) is 4.79 Å². The van der Waals surface area contributed by atoms with Crippen molar-refractivity contribution in [2.45, 2.75) is 32.9 Å². The maximum Gasteiger partial charge on any atom is 0.305 e. The average Bonchev–Trinajstić information content (AvgIpc) is 2.60. The van der Waals surface area contributed by atoms with Crippen molar-refractivity contribution in [3.8, 4) is 0 Å². The Bertz CT molecular complexity index is 407.